The number of ether oxygens (including phenoxy) is 1. The number of pyridine rings is 1. The number of fused-ring (bicyclic) bond motifs is 1. The maximum Gasteiger partial charge on any atom is 0.259 e. The van der Waals surface area contributed by atoms with Crippen molar-refractivity contribution >= 4 is 29.1 Å². The Morgan fingerprint density at radius 1 is 1.03 bits per heavy atom. The standard InChI is InChI=1S/C25H23N5O4/c1-16-6-5-11-30-14-19(28-23(16)30)15-34-21-10-3-2-9-20(21)25(33)29-18-8-4-7-17(12-18)24(32)27-13-22(26)31/h2-12,14H,13,15H2,1H3,(H2,26,31)(H,27,32)(H,29,33). The highest BCUT2D eigenvalue weighted by Crippen LogP contribution is 2.22. The first-order valence-corrected chi connectivity index (χ1v) is 10.5. The molecule has 0 aliphatic heterocycles. The minimum Gasteiger partial charge on any atom is -0.486 e. The first-order valence-electron chi connectivity index (χ1n) is 10.5. The van der Waals surface area contributed by atoms with Gasteiger partial charge in [0.2, 0.25) is 5.91 Å². The lowest BCUT2D eigenvalue weighted by molar-refractivity contribution is -0.117. The highest BCUT2D eigenvalue weighted by Gasteiger charge is 2.15. The Kier molecular flexibility index (Phi) is 6.54. The van der Waals surface area contributed by atoms with Crippen molar-refractivity contribution in [2.45, 2.75) is 13.5 Å². The van der Waals surface area contributed by atoms with Gasteiger partial charge in [-0.2, -0.15) is 0 Å². The third-order valence-corrected chi connectivity index (χ3v) is 5.04. The quantitative estimate of drug-likeness (QED) is 0.375. The molecule has 0 unspecified atom stereocenters. The number of hydrogen-bond acceptors (Lipinski definition) is 5. The fourth-order valence-electron chi connectivity index (χ4n) is 3.41. The van der Waals surface area contributed by atoms with Crippen molar-refractivity contribution in [3.05, 3.63) is 95.4 Å². The third kappa shape index (κ3) is 5.21. The molecule has 3 amide bonds. The minimum atomic E-state index is -0.645. The normalized spacial score (nSPS) is 10.6. The Morgan fingerprint density at radius 3 is 2.65 bits per heavy atom. The SMILES string of the molecule is Cc1cccn2cc(COc3ccccc3C(=O)Nc3cccc(C(=O)NCC(N)=O)c3)nc12. The van der Waals surface area contributed by atoms with E-state index in [2.05, 4.69) is 15.6 Å². The van der Waals surface area contributed by atoms with E-state index in [9.17, 15) is 14.4 Å². The Hall–Kier alpha value is -4.66. The number of imidazole rings is 1. The van der Waals surface area contributed by atoms with Crippen LogP contribution >= 0.6 is 0 Å². The van der Waals surface area contributed by atoms with E-state index in [1.807, 2.05) is 35.9 Å². The number of rotatable bonds is 8. The zero-order valence-electron chi connectivity index (χ0n) is 18.4. The first kappa shape index (κ1) is 22.5. The van der Waals surface area contributed by atoms with E-state index in [4.69, 9.17) is 10.5 Å². The summed E-state index contributed by atoms with van der Waals surface area (Å²) in [5.74, 6) is -1.10. The number of anilines is 1. The number of aromatic nitrogens is 2. The van der Waals surface area contributed by atoms with Crippen molar-refractivity contribution in [1.29, 1.82) is 0 Å². The lowest BCUT2D eigenvalue weighted by Crippen LogP contribution is -2.33. The Bertz CT molecular complexity index is 1380. The number of para-hydroxylation sites is 1. The molecule has 0 saturated heterocycles. The first-order chi connectivity index (χ1) is 16.4. The fraction of sp³-hybridized carbons (Fsp3) is 0.120. The van der Waals surface area contributed by atoms with Crippen LogP contribution in [0.1, 0.15) is 32.0 Å². The van der Waals surface area contributed by atoms with Gasteiger partial charge in [0.05, 0.1) is 17.8 Å². The number of carbonyl (C=O) groups excluding carboxylic acids is 3. The predicted molar refractivity (Wildman–Crippen MR) is 127 cm³/mol. The smallest absolute Gasteiger partial charge is 0.259 e. The van der Waals surface area contributed by atoms with E-state index in [1.54, 1.807) is 42.5 Å². The summed E-state index contributed by atoms with van der Waals surface area (Å²) in [6, 6.07) is 17.2. The molecular weight excluding hydrogens is 434 g/mol. The summed E-state index contributed by atoms with van der Waals surface area (Å²) in [7, 11) is 0. The molecule has 0 atom stereocenters. The zero-order chi connectivity index (χ0) is 24.1. The molecule has 2 aromatic heterocycles. The molecule has 0 radical (unpaired) electrons. The largest absolute Gasteiger partial charge is 0.486 e. The molecule has 4 aromatic rings. The number of carbonyl (C=O) groups is 3. The van der Waals surface area contributed by atoms with Crippen LogP contribution in [0.3, 0.4) is 0 Å². The second-order valence-corrected chi connectivity index (χ2v) is 7.62. The molecular formula is C25H23N5O4. The Morgan fingerprint density at radius 2 is 1.85 bits per heavy atom. The molecule has 9 nitrogen and oxygen atoms in total. The fourth-order valence-corrected chi connectivity index (χ4v) is 3.41. The number of nitrogens with two attached hydrogens (primary N) is 1. The maximum absolute atomic E-state index is 13.0. The van der Waals surface area contributed by atoms with Gasteiger partial charge in [-0.1, -0.05) is 24.3 Å². The summed E-state index contributed by atoms with van der Waals surface area (Å²) in [6.45, 7) is 1.91. The monoisotopic (exact) mass is 457 g/mol. The van der Waals surface area contributed by atoms with Crippen molar-refractivity contribution in [2.75, 3.05) is 11.9 Å². The number of amides is 3. The van der Waals surface area contributed by atoms with Gasteiger partial charge in [0, 0.05) is 23.6 Å². The van der Waals surface area contributed by atoms with Crippen LogP contribution < -0.4 is 21.1 Å². The van der Waals surface area contributed by atoms with Crippen LogP contribution in [0.15, 0.2) is 73.1 Å². The van der Waals surface area contributed by atoms with Gasteiger partial charge in [-0.3, -0.25) is 14.4 Å². The van der Waals surface area contributed by atoms with Crippen LogP contribution in [0, 0.1) is 6.92 Å². The predicted octanol–water partition coefficient (Wildman–Crippen LogP) is 2.69. The third-order valence-electron chi connectivity index (χ3n) is 5.04. The van der Waals surface area contributed by atoms with Crippen LogP contribution in [-0.4, -0.2) is 33.7 Å². The van der Waals surface area contributed by atoms with E-state index in [0.717, 1.165) is 16.9 Å². The highest BCUT2D eigenvalue weighted by atomic mass is 16.5. The second-order valence-electron chi connectivity index (χ2n) is 7.62. The van der Waals surface area contributed by atoms with Gasteiger partial charge >= 0.3 is 0 Å². The van der Waals surface area contributed by atoms with Crippen molar-refractivity contribution in [3.63, 3.8) is 0 Å². The molecule has 2 heterocycles. The minimum absolute atomic E-state index is 0.195. The topological polar surface area (TPSA) is 128 Å². The summed E-state index contributed by atoms with van der Waals surface area (Å²) >= 11 is 0. The number of nitrogens with one attached hydrogen (secondary N) is 2. The second kappa shape index (κ2) is 9.86. The highest BCUT2D eigenvalue weighted by molar-refractivity contribution is 6.07. The molecule has 4 N–H and O–H groups in total. The number of benzene rings is 2. The van der Waals surface area contributed by atoms with Crippen LogP contribution in [0.2, 0.25) is 0 Å². The molecule has 0 aliphatic carbocycles. The number of aryl methyl sites for hydroxylation is 1. The molecule has 0 aliphatic rings. The van der Waals surface area contributed by atoms with Crippen LogP contribution in [0.4, 0.5) is 5.69 Å². The van der Waals surface area contributed by atoms with Gasteiger partial charge in [-0.05, 0) is 48.9 Å². The Balaban J connectivity index is 1.46. The molecule has 9 heteroatoms. The lowest BCUT2D eigenvalue weighted by atomic mass is 10.1. The average Bonchev–Trinajstić information content (AvgIpc) is 3.26. The van der Waals surface area contributed by atoms with Gasteiger partial charge in [-0.15, -0.1) is 0 Å². The van der Waals surface area contributed by atoms with Gasteiger partial charge in [0.1, 0.15) is 18.0 Å². The van der Waals surface area contributed by atoms with E-state index in [0.29, 0.717) is 17.0 Å². The van der Waals surface area contributed by atoms with Crippen LogP contribution in [0.5, 0.6) is 5.75 Å². The summed E-state index contributed by atoms with van der Waals surface area (Å²) in [6.07, 6.45) is 3.81. The maximum atomic E-state index is 13.0. The van der Waals surface area contributed by atoms with E-state index < -0.39 is 17.7 Å². The van der Waals surface area contributed by atoms with Crippen LogP contribution in [-0.2, 0) is 11.4 Å². The number of hydrogen-bond donors (Lipinski definition) is 3. The van der Waals surface area contributed by atoms with Gasteiger partial charge < -0.3 is 25.5 Å². The van der Waals surface area contributed by atoms with Crippen molar-refractivity contribution < 1.29 is 19.1 Å². The van der Waals surface area contributed by atoms with E-state index >= 15 is 0 Å². The molecule has 4 rings (SSSR count). The van der Waals surface area contributed by atoms with Gasteiger partial charge in [-0.25, -0.2) is 4.98 Å². The van der Waals surface area contributed by atoms with Crippen LogP contribution in [0.25, 0.3) is 5.65 Å². The zero-order valence-corrected chi connectivity index (χ0v) is 18.4. The number of primary amides is 1. The summed E-state index contributed by atoms with van der Waals surface area (Å²) in [4.78, 5) is 40.6. The average molecular weight is 457 g/mol. The molecule has 0 spiro atoms. The summed E-state index contributed by atoms with van der Waals surface area (Å²) < 4.78 is 7.85. The number of nitrogens with zero attached hydrogens (tertiary/aromatic N) is 2. The molecule has 34 heavy (non-hydrogen) atoms. The molecule has 0 bridgehead atoms. The summed E-state index contributed by atoms with van der Waals surface area (Å²) in [5.41, 5.74) is 8.74. The molecule has 0 saturated carbocycles. The molecule has 0 fully saturated rings. The molecule has 2 aromatic carbocycles. The Labute approximate surface area is 195 Å². The van der Waals surface area contributed by atoms with Gasteiger partial charge in [0.15, 0.2) is 0 Å². The molecule has 172 valence electrons. The van der Waals surface area contributed by atoms with Crippen molar-refractivity contribution in [3.8, 4) is 5.75 Å². The summed E-state index contributed by atoms with van der Waals surface area (Å²) in [5, 5.41) is 5.19. The van der Waals surface area contributed by atoms with Crippen molar-refractivity contribution in [2.24, 2.45) is 5.73 Å². The van der Waals surface area contributed by atoms with Gasteiger partial charge in [0.25, 0.3) is 11.8 Å². The van der Waals surface area contributed by atoms with E-state index in [-0.39, 0.29) is 18.7 Å². The van der Waals surface area contributed by atoms with E-state index in [1.165, 1.54) is 6.07 Å². The van der Waals surface area contributed by atoms with Crippen molar-refractivity contribution in [1.82, 2.24) is 14.7 Å². The lowest BCUT2D eigenvalue weighted by Gasteiger charge is -2.12.